The highest BCUT2D eigenvalue weighted by Crippen LogP contribution is 2.11. The first-order valence-electron chi connectivity index (χ1n) is 6.54. The van der Waals surface area contributed by atoms with Crippen LogP contribution in [-0.2, 0) is 24.2 Å². The van der Waals surface area contributed by atoms with E-state index in [1.807, 2.05) is 0 Å². The van der Waals surface area contributed by atoms with E-state index >= 15 is 0 Å². The highest BCUT2D eigenvalue weighted by molar-refractivity contribution is 5.82. The van der Waals surface area contributed by atoms with E-state index in [0.717, 1.165) is 11.4 Å². The molecule has 20 heavy (non-hydrogen) atoms. The average Bonchev–Trinajstić information content (AvgIpc) is 3.06. The first kappa shape index (κ1) is 12.8. The molecular formula is C12H16N6O2. The van der Waals surface area contributed by atoms with Gasteiger partial charge in [-0.2, -0.15) is 4.98 Å². The Morgan fingerprint density at radius 1 is 1.60 bits per heavy atom. The smallest absolute Gasteiger partial charge is 0.237 e. The maximum Gasteiger partial charge on any atom is 0.237 e. The number of carbonyl (C=O) groups is 1. The molecule has 3 rings (SSSR count). The largest absolute Gasteiger partial charge is 0.354 e. The molecule has 0 radical (unpaired) electrons. The van der Waals surface area contributed by atoms with Crippen LogP contribution in [0.25, 0.3) is 0 Å². The molecule has 0 saturated heterocycles. The van der Waals surface area contributed by atoms with E-state index in [-0.39, 0.29) is 11.9 Å². The van der Waals surface area contributed by atoms with Crippen LogP contribution in [0.4, 0.5) is 0 Å². The van der Waals surface area contributed by atoms with Crippen molar-refractivity contribution in [2.24, 2.45) is 0 Å². The van der Waals surface area contributed by atoms with Crippen LogP contribution in [0.2, 0.25) is 0 Å². The normalized spacial score (nSPS) is 17.8. The summed E-state index contributed by atoms with van der Waals surface area (Å²) in [7, 11) is 0. The van der Waals surface area contributed by atoms with Gasteiger partial charge in [0.25, 0.3) is 0 Å². The lowest BCUT2D eigenvalue weighted by molar-refractivity contribution is -0.123. The Balaban J connectivity index is 1.48. The molecule has 8 heteroatoms. The minimum Gasteiger partial charge on any atom is -0.354 e. The van der Waals surface area contributed by atoms with Crippen LogP contribution in [-0.4, -0.2) is 38.6 Å². The number of H-pyrrole nitrogens is 1. The molecule has 1 amide bonds. The summed E-state index contributed by atoms with van der Waals surface area (Å²) in [5.74, 6) is 1.11. The molecule has 1 aliphatic heterocycles. The summed E-state index contributed by atoms with van der Waals surface area (Å²) >= 11 is 0. The Labute approximate surface area is 115 Å². The number of rotatable bonds is 4. The van der Waals surface area contributed by atoms with Gasteiger partial charge < -0.3 is 14.8 Å². The molecule has 8 nitrogen and oxygen atoms in total. The average molecular weight is 276 g/mol. The summed E-state index contributed by atoms with van der Waals surface area (Å²) in [4.78, 5) is 23.4. The second-order valence-electron chi connectivity index (χ2n) is 4.74. The van der Waals surface area contributed by atoms with Gasteiger partial charge >= 0.3 is 0 Å². The van der Waals surface area contributed by atoms with Crippen molar-refractivity contribution in [3.63, 3.8) is 0 Å². The molecule has 2 aromatic rings. The Kier molecular flexibility index (Phi) is 3.46. The number of aryl methyl sites for hydroxylation is 1. The quantitative estimate of drug-likeness (QED) is 0.693. The molecule has 3 N–H and O–H groups in total. The molecule has 1 aliphatic rings. The van der Waals surface area contributed by atoms with E-state index in [2.05, 4.69) is 30.7 Å². The highest BCUT2D eigenvalue weighted by Gasteiger charge is 2.25. The van der Waals surface area contributed by atoms with Gasteiger partial charge in [0.15, 0.2) is 5.82 Å². The lowest BCUT2D eigenvalue weighted by Crippen LogP contribution is -2.48. The van der Waals surface area contributed by atoms with Crippen LogP contribution in [0, 0.1) is 6.92 Å². The fraction of sp³-hybridized carbons (Fsp3) is 0.500. The molecule has 1 unspecified atom stereocenters. The van der Waals surface area contributed by atoms with Crippen molar-refractivity contribution in [1.82, 2.24) is 30.7 Å². The van der Waals surface area contributed by atoms with Gasteiger partial charge in [-0.1, -0.05) is 5.16 Å². The topological polar surface area (TPSA) is 109 Å². The first-order valence-corrected chi connectivity index (χ1v) is 6.54. The fourth-order valence-corrected chi connectivity index (χ4v) is 2.21. The van der Waals surface area contributed by atoms with E-state index in [4.69, 9.17) is 4.52 Å². The van der Waals surface area contributed by atoms with Gasteiger partial charge in [-0.25, -0.2) is 4.98 Å². The molecule has 3 heterocycles. The maximum atomic E-state index is 12.0. The number of fused-ring (bicyclic) bond motifs is 1. The molecule has 2 aromatic heterocycles. The van der Waals surface area contributed by atoms with Crippen LogP contribution in [0.15, 0.2) is 10.9 Å². The minimum absolute atomic E-state index is 0.0325. The molecule has 106 valence electrons. The summed E-state index contributed by atoms with van der Waals surface area (Å²) in [5, 5.41) is 9.75. The standard InChI is InChI=1S/C12H16N6O2/c1-7-17-11(20-18-7)2-3-13-12(19)9-4-8-10(5-14-9)16-6-15-8/h6,9,14H,2-5H2,1H3,(H,13,19)(H,15,16). The van der Waals surface area contributed by atoms with Gasteiger partial charge in [0, 0.05) is 25.9 Å². The molecule has 0 aliphatic carbocycles. The van der Waals surface area contributed by atoms with Crippen molar-refractivity contribution in [2.75, 3.05) is 6.54 Å². The van der Waals surface area contributed by atoms with Crippen LogP contribution in [0.1, 0.15) is 23.1 Å². The van der Waals surface area contributed by atoms with Crippen molar-refractivity contribution >= 4 is 5.91 Å². The van der Waals surface area contributed by atoms with Crippen LogP contribution in [0.3, 0.4) is 0 Å². The number of imidazole rings is 1. The summed E-state index contributed by atoms with van der Waals surface area (Å²) in [6.07, 6.45) is 2.79. The minimum atomic E-state index is -0.241. The number of aromatic nitrogens is 4. The molecule has 0 spiro atoms. The second kappa shape index (κ2) is 5.41. The number of amides is 1. The number of aromatic amines is 1. The number of carbonyl (C=O) groups excluding carboxylic acids is 1. The zero-order chi connectivity index (χ0) is 13.9. The van der Waals surface area contributed by atoms with E-state index in [0.29, 0.717) is 37.6 Å². The van der Waals surface area contributed by atoms with Gasteiger partial charge in [0.1, 0.15) is 0 Å². The summed E-state index contributed by atoms with van der Waals surface area (Å²) < 4.78 is 4.99. The fourth-order valence-electron chi connectivity index (χ4n) is 2.21. The van der Waals surface area contributed by atoms with Crippen molar-refractivity contribution in [2.45, 2.75) is 32.4 Å². The zero-order valence-corrected chi connectivity index (χ0v) is 11.1. The molecule has 0 bridgehead atoms. The van der Waals surface area contributed by atoms with Gasteiger partial charge in [-0.3, -0.25) is 10.1 Å². The Bertz CT molecular complexity index is 605. The van der Waals surface area contributed by atoms with E-state index in [1.165, 1.54) is 0 Å². The molecule has 1 atom stereocenters. The van der Waals surface area contributed by atoms with E-state index in [1.54, 1.807) is 13.3 Å². The number of hydrogen-bond acceptors (Lipinski definition) is 6. The zero-order valence-electron chi connectivity index (χ0n) is 11.1. The summed E-state index contributed by atoms with van der Waals surface area (Å²) in [6, 6.07) is -0.241. The number of nitrogens with one attached hydrogen (secondary N) is 3. The second-order valence-corrected chi connectivity index (χ2v) is 4.74. The third-order valence-corrected chi connectivity index (χ3v) is 3.25. The van der Waals surface area contributed by atoms with E-state index in [9.17, 15) is 4.79 Å². The van der Waals surface area contributed by atoms with Crippen molar-refractivity contribution in [3.8, 4) is 0 Å². The van der Waals surface area contributed by atoms with Crippen LogP contribution < -0.4 is 10.6 Å². The lowest BCUT2D eigenvalue weighted by Gasteiger charge is -2.22. The van der Waals surface area contributed by atoms with Gasteiger partial charge in [0.2, 0.25) is 11.8 Å². The predicted molar refractivity (Wildman–Crippen MR) is 68.7 cm³/mol. The van der Waals surface area contributed by atoms with Crippen molar-refractivity contribution in [3.05, 3.63) is 29.4 Å². The highest BCUT2D eigenvalue weighted by atomic mass is 16.5. The maximum absolute atomic E-state index is 12.0. The molecular weight excluding hydrogens is 260 g/mol. The number of nitrogens with zero attached hydrogens (tertiary/aromatic N) is 3. The van der Waals surface area contributed by atoms with Gasteiger partial charge in [-0.05, 0) is 6.92 Å². The molecule has 0 fully saturated rings. The van der Waals surface area contributed by atoms with Gasteiger partial charge in [0.05, 0.1) is 23.8 Å². The molecule has 0 saturated carbocycles. The Morgan fingerprint density at radius 3 is 3.30 bits per heavy atom. The third kappa shape index (κ3) is 2.69. The first-order chi connectivity index (χ1) is 9.72. The Hall–Kier alpha value is -2.22. The van der Waals surface area contributed by atoms with Crippen molar-refractivity contribution < 1.29 is 9.32 Å². The Morgan fingerprint density at radius 2 is 2.50 bits per heavy atom. The van der Waals surface area contributed by atoms with Crippen molar-refractivity contribution in [1.29, 1.82) is 0 Å². The molecule has 0 aromatic carbocycles. The third-order valence-electron chi connectivity index (χ3n) is 3.25. The monoisotopic (exact) mass is 276 g/mol. The summed E-state index contributed by atoms with van der Waals surface area (Å²) in [6.45, 7) is 2.88. The SMILES string of the molecule is Cc1noc(CCNC(=O)C2Cc3nc[nH]c3CN2)n1. The van der Waals surface area contributed by atoms with Crippen LogP contribution in [0.5, 0.6) is 0 Å². The number of hydrogen-bond donors (Lipinski definition) is 3. The predicted octanol–water partition coefficient (Wildman–Crippen LogP) is -0.526. The van der Waals surface area contributed by atoms with E-state index < -0.39 is 0 Å². The lowest BCUT2D eigenvalue weighted by atomic mass is 10.0. The van der Waals surface area contributed by atoms with Crippen LogP contribution >= 0.6 is 0 Å². The van der Waals surface area contributed by atoms with Gasteiger partial charge in [-0.15, -0.1) is 0 Å². The summed E-state index contributed by atoms with van der Waals surface area (Å²) in [5.41, 5.74) is 2.01.